The third kappa shape index (κ3) is 3.08. The Labute approximate surface area is 89.5 Å². The molecule has 1 aromatic heterocycles. The number of amides is 1. The molecule has 0 radical (unpaired) electrons. The molecule has 1 aliphatic rings. The van der Waals surface area contributed by atoms with Gasteiger partial charge in [-0.15, -0.1) is 0 Å². The SMILES string of the molecule is O=C(CCc1cnc[nH]1)NC1CCCC1. The summed E-state index contributed by atoms with van der Waals surface area (Å²) in [5.41, 5.74) is 1.02. The van der Waals surface area contributed by atoms with Crippen LogP contribution in [0.1, 0.15) is 37.8 Å². The number of rotatable bonds is 4. The lowest BCUT2D eigenvalue weighted by atomic mass is 10.2. The first kappa shape index (κ1) is 10.2. The number of aryl methyl sites for hydroxylation is 1. The lowest BCUT2D eigenvalue weighted by molar-refractivity contribution is -0.121. The minimum Gasteiger partial charge on any atom is -0.353 e. The van der Waals surface area contributed by atoms with Crippen LogP contribution in [-0.4, -0.2) is 21.9 Å². The molecule has 0 unspecified atom stereocenters. The molecular weight excluding hydrogens is 190 g/mol. The molecule has 0 atom stereocenters. The zero-order valence-corrected chi connectivity index (χ0v) is 8.83. The number of aromatic nitrogens is 2. The molecule has 4 nitrogen and oxygen atoms in total. The first-order chi connectivity index (χ1) is 7.34. The van der Waals surface area contributed by atoms with Crippen molar-refractivity contribution in [1.29, 1.82) is 0 Å². The smallest absolute Gasteiger partial charge is 0.220 e. The zero-order valence-electron chi connectivity index (χ0n) is 8.83. The summed E-state index contributed by atoms with van der Waals surface area (Å²) in [7, 11) is 0. The topological polar surface area (TPSA) is 57.8 Å². The summed E-state index contributed by atoms with van der Waals surface area (Å²) in [4.78, 5) is 18.5. The van der Waals surface area contributed by atoms with Crippen molar-refractivity contribution >= 4 is 5.91 Å². The van der Waals surface area contributed by atoms with Crippen LogP contribution in [0.2, 0.25) is 0 Å². The molecule has 0 aromatic carbocycles. The highest BCUT2D eigenvalue weighted by Gasteiger charge is 2.16. The van der Waals surface area contributed by atoms with Crippen molar-refractivity contribution in [3.8, 4) is 0 Å². The van der Waals surface area contributed by atoms with E-state index in [1.54, 1.807) is 12.5 Å². The number of carbonyl (C=O) groups excluding carboxylic acids is 1. The largest absolute Gasteiger partial charge is 0.353 e. The fourth-order valence-electron chi connectivity index (χ4n) is 2.04. The molecule has 2 rings (SSSR count). The number of aromatic amines is 1. The molecule has 1 amide bonds. The van der Waals surface area contributed by atoms with Gasteiger partial charge in [0.15, 0.2) is 0 Å². The summed E-state index contributed by atoms with van der Waals surface area (Å²) in [5.74, 6) is 0.163. The van der Waals surface area contributed by atoms with Crippen molar-refractivity contribution in [2.24, 2.45) is 0 Å². The number of hydrogen-bond donors (Lipinski definition) is 2. The highest BCUT2D eigenvalue weighted by atomic mass is 16.1. The number of nitrogens with one attached hydrogen (secondary N) is 2. The van der Waals surface area contributed by atoms with Gasteiger partial charge < -0.3 is 10.3 Å². The maximum Gasteiger partial charge on any atom is 0.220 e. The first-order valence-corrected chi connectivity index (χ1v) is 5.61. The van der Waals surface area contributed by atoms with E-state index in [1.165, 1.54) is 12.8 Å². The number of hydrogen-bond acceptors (Lipinski definition) is 2. The average Bonchev–Trinajstić information content (AvgIpc) is 2.86. The van der Waals surface area contributed by atoms with Crippen LogP contribution < -0.4 is 5.32 Å². The molecule has 4 heteroatoms. The molecule has 82 valence electrons. The van der Waals surface area contributed by atoms with Gasteiger partial charge in [0.05, 0.1) is 6.33 Å². The fourth-order valence-corrected chi connectivity index (χ4v) is 2.04. The Morgan fingerprint density at radius 3 is 3.00 bits per heavy atom. The summed E-state index contributed by atoms with van der Waals surface area (Å²) < 4.78 is 0. The first-order valence-electron chi connectivity index (χ1n) is 5.61. The standard InChI is InChI=1S/C11H17N3O/c15-11(14-9-3-1-2-4-9)6-5-10-7-12-8-13-10/h7-9H,1-6H2,(H,12,13)(H,14,15). The van der Waals surface area contributed by atoms with Gasteiger partial charge >= 0.3 is 0 Å². The van der Waals surface area contributed by atoms with Crippen molar-refractivity contribution in [3.05, 3.63) is 18.2 Å². The van der Waals surface area contributed by atoms with Gasteiger partial charge in [-0.2, -0.15) is 0 Å². The normalized spacial score (nSPS) is 16.8. The average molecular weight is 207 g/mol. The minimum absolute atomic E-state index is 0.163. The van der Waals surface area contributed by atoms with E-state index >= 15 is 0 Å². The summed E-state index contributed by atoms with van der Waals surface area (Å²) in [6.07, 6.45) is 9.52. The van der Waals surface area contributed by atoms with E-state index in [0.29, 0.717) is 12.5 Å². The van der Waals surface area contributed by atoms with Gasteiger partial charge in [-0.25, -0.2) is 4.98 Å². The molecule has 0 spiro atoms. The minimum atomic E-state index is 0.163. The van der Waals surface area contributed by atoms with Gasteiger partial charge in [0.25, 0.3) is 0 Å². The second kappa shape index (κ2) is 4.96. The van der Waals surface area contributed by atoms with E-state index in [9.17, 15) is 4.79 Å². The lowest BCUT2D eigenvalue weighted by Gasteiger charge is -2.11. The maximum atomic E-state index is 11.5. The highest BCUT2D eigenvalue weighted by Crippen LogP contribution is 2.17. The molecule has 2 N–H and O–H groups in total. The van der Waals surface area contributed by atoms with Crippen LogP contribution in [0.5, 0.6) is 0 Å². The Morgan fingerprint density at radius 1 is 1.53 bits per heavy atom. The zero-order chi connectivity index (χ0) is 10.5. The van der Waals surface area contributed by atoms with Crippen LogP contribution in [0, 0.1) is 0 Å². The van der Waals surface area contributed by atoms with Gasteiger partial charge in [0.1, 0.15) is 0 Å². The lowest BCUT2D eigenvalue weighted by Crippen LogP contribution is -2.32. The van der Waals surface area contributed by atoms with Gasteiger partial charge in [-0.05, 0) is 19.3 Å². The molecule has 1 heterocycles. The van der Waals surface area contributed by atoms with Crippen LogP contribution >= 0.6 is 0 Å². The molecule has 1 aromatic rings. The Bertz CT molecular complexity index is 302. The quantitative estimate of drug-likeness (QED) is 0.784. The van der Waals surface area contributed by atoms with Crippen LogP contribution in [-0.2, 0) is 11.2 Å². The molecule has 0 saturated heterocycles. The Balaban J connectivity index is 1.68. The Hall–Kier alpha value is -1.32. The second-order valence-corrected chi connectivity index (χ2v) is 4.13. The van der Waals surface area contributed by atoms with E-state index in [-0.39, 0.29) is 5.91 Å². The summed E-state index contributed by atoms with van der Waals surface area (Å²) >= 11 is 0. The van der Waals surface area contributed by atoms with Gasteiger partial charge in [-0.1, -0.05) is 12.8 Å². The van der Waals surface area contributed by atoms with E-state index in [1.807, 2.05) is 0 Å². The second-order valence-electron chi connectivity index (χ2n) is 4.13. The van der Waals surface area contributed by atoms with Crippen molar-refractivity contribution in [3.63, 3.8) is 0 Å². The molecule has 1 fully saturated rings. The number of H-pyrrole nitrogens is 1. The van der Waals surface area contributed by atoms with Gasteiger partial charge in [-0.3, -0.25) is 4.79 Å². The van der Waals surface area contributed by atoms with E-state index in [4.69, 9.17) is 0 Å². The molecule has 1 saturated carbocycles. The Morgan fingerprint density at radius 2 is 2.33 bits per heavy atom. The van der Waals surface area contributed by atoms with E-state index in [2.05, 4.69) is 15.3 Å². The third-order valence-corrected chi connectivity index (χ3v) is 2.90. The van der Waals surface area contributed by atoms with E-state index in [0.717, 1.165) is 25.0 Å². The summed E-state index contributed by atoms with van der Waals surface area (Å²) in [6.45, 7) is 0. The van der Waals surface area contributed by atoms with Crippen molar-refractivity contribution in [2.45, 2.75) is 44.6 Å². The molecule has 1 aliphatic carbocycles. The predicted octanol–water partition coefficient (Wildman–Crippen LogP) is 1.40. The maximum absolute atomic E-state index is 11.5. The van der Waals surface area contributed by atoms with Gasteiger partial charge in [0, 0.05) is 24.4 Å². The van der Waals surface area contributed by atoms with Crippen LogP contribution in [0.4, 0.5) is 0 Å². The van der Waals surface area contributed by atoms with Crippen LogP contribution in [0.3, 0.4) is 0 Å². The fraction of sp³-hybridized carbons (Fsp3) is 0.636. The van der Waals surface area contributed by atoms with Crippen molar-refractivity contribution in [1.82, 2.24) is 15.3 Å². The number of imidazole rings is 1. The van der Waals surface area contributed by atoms with Crippen molar-refractivity contribution < 1.29 is 4.79 Å². The molecular formula is C11H17N3O. The molecule has 0 aliphatic heterocycles. The van der Waals surface area contributed by atoms with E-state index < -0.39 is 0 Å². The summed E-state index contributed by atoms with van der Waals surface area (Å²) in [6, 6.07) is 0.430. The molecule has 15 heavy (non-hydrogen) atoms. The third-order valence-electron chi connectivity index (χ3n) is 2.90. The monoisotopic (exact) mass is 207 g/mol. The van der Waals surface area contributed by atoms with Gasteiger partial charge in [0.2, 0.25) is 5.91 Å². The highest BCUT2D eigenvalue weighted by molar-refractivity contribution is 5.76. The summed E-state index contributed by atoms with van der Waals surface area (Å²) in [5, 5.41) is 3.07. The predicted molar refractivity (Wildman–Crippen MR) is 57.3 cm³/mol. The number of nitrogens with zero attached hydrogens (tertiary/aromatic N) is 1. The Kier molecular flexibility index (Phi) is 3.37. The molecule has 0 bridgehead atoms. The van der Waals surface area contributed by atoms with Crippen LogP contribution in [0.25, 0.3) is 0 Å². The van der Waals surface area contributed by atoms with Crippen LogP contribution in [0.15, 0.2) is 12.5 Å². The number of carbonyl (C=O) groups is 1. The van der Waals surface area contributed by atoms with Crippen molar-refractivity contribution in [2.75, 3.05) is 0 Å².